The van der Waals surface area contributed by atoms with Crippen molar-refractivity contribution < 1.29 is 4.39 Å². The van der Waals surface area contributed by atoms with Crippen molar-refractivity contribution in [2.45, 2.75) is 25.8 Å². The third-order valence-corrected chi connectivity index (χ3v) is 3.62. The highest BCUT2D eigenvalue weighted by Crippen LogP contribution is 2.17. The van der Waals surface area contributed by atoms with Gasteiger partial charge in [-0.25, -0.2) is 4.39 Å². The van der Waals surface area contributed by atoms with E-state index in [2.05, 4.69) is 17.1 Å². The maximum atomic E-state index is 13.9. The number of thiocarbonyl (C=S) groups is 1. The Morgan fingerprint density at radius 1 is 1.47 bits per heavy atom. The molecule has 0 amide bonds. The lowest BCUT2D eigenvalue weighted by Gasteiger charge is -2.22. The molecule has 0 spiro atoms. The Morgan fingerprint density at radius 3 is 2.74 bits per heavy atom. The van der Waals surface area contributed by atoms with Crippen LogP contribution in [0.3, 0.4) is 0 Å². The summed E-state index contributed by atoms with van der Waals surface area (Å²) in [5, 5.41) is 3.20. The number of likely N-dealkylation sites (tertiary alicyclic amines) is 1. The molecular formula is C14H20FN3S. The van der Waals surface area contributed by atoms with Crippen LogP contribution in [0.1, 0.15) is 25.3 Å². The molecule has 5 heteroatoms. The highest BCUT2D eigenvalue weighted by atomic mass is 32.1. The third-order valence-electron chi connectivity index (χ3n) is 3.39. The number of nitrogens with two attached hydrogens (primary N) is 1. The Balaban J connectivity index is 1.96. The summed E-state index contributed by atoms with van der Waals surface area (Å²) in [7, 11) is 0. The van der Waals surface area contributed by atoms with Crippen molar-refractivity contribution in [2.24, 2.45) is 5.73 Å². The minimum absolute atomic E-state index is 0.211. The van der Waals surface area contributed by atoms with Crippen molar-refractivity contribution >= 4 is 22.9 Å². The zero-order valence-electron chi connectivity index (χ0n) is 11.2. The number of anilines is 1. The van der Waals surface area contributed by atoms with Gasteiger partial charge in [0.05, 0.1) is 5.69 Å². The molecule has 1 heterocycles. The highest BCUT2D eigenvalue weighted by molar-refractivity contribution is 7.80. The summed E-state index contributed by atoms with van der Waals surface area (Å²) in [4.78, 5) is 2.62. The number of hydrogen-bond donors (Lipinski definition) is 2. The fourth-order valence-electron chi connectivity index (χ4n) is 2.45. The molecule has 104 valence electrons. The van der Waals surface area contributed by atoms with Crippen LogP contribution in [0, 0.1) is 5.82 Å². The number of benzene rings is 1. The van der Waals surface area contributed by atoms with Crippen LogP contribution in [0.15, 0.2) is 18.2 Å². The van der Waals surface area contributed by atoms with Crippen molar-refractivity contribution in [2.75, 3.05) is 25.0 Å². The second kappa shape index (κ2) is 6.30. The van der Waals surface area contributed by atoms with Crippen LogP contribution < -0.4 is 11.1 Å². The molecule has 0 saturated carbocycles. The Hall–Kier alpha value is -1.20. The van der Waals surface area contributed by atoms with Crippen molar-refractivity contribution in [3.63, 3.8) is 0 Å². The summed E-state index contributed by atoms with van der Waals surface area (Å²) < 4.78 is 13.9. The molecule has 1 saturated heterocycles. The Kier molecular flexibility index (Phi) is 4.71. The first-order valence-corrected chi connectivity index (χ1v) is 7.05. The monoisotopic (exact) mass is 281 g/mol. The van der Waals surface area contributed by atoms with Crippen LogP contribution in [0.25, 0.3) is 0 Å². The van der Waals surface area contributed by atoms with E-state index in [9.17, 15) is 4.39 Å². The summed E-state index contributed by atoms with van der Waals surface area (Å²) in [6.45, 7) is 5.31. The zero-order chi connectivity index (χ0) is 13.8. The molecular weight excluding hydrogens is 261 g/mol. The maximum absolute atomic E-state index is 13.9. The molecule has 1 unspecified atom stereocenters. The summed E-state index contributed by atoms with van der Waals surface area (Å²) in [5.74, 6) is -0.307. The van der Waals surface area contributed by atoms with Crippen molar-refractivity contribution in [1.29, 1.82) is 0 Å². The van der Waals surface area contributed by atoms with Gasteiger partial charge >= 0.3 is 0 Å². The lowest BCUT2D eigenvalue weighted by molar-refractivity contribution is 0.327. The smallest absolute Gasteiger partial charge is 0.146 e. The predicted molar refractivity (Wildman–Crippen MR) is 81.0 cm³/mol. The lowest BCUT2D eigenvalue weighted by atomic mass is 10.2. The number of nitrogens with one attached hydrogen (secondary N) is 1. The van der Waals surface area contributed by atoms with Gasteiger partial charge < -0.3 is 16.0 Å². The normalized spacial score (nSPS) is 17.4. The largest absolute Gasteiger partial charge is 0.389 e. The molecule has 0 aromatic heterocycles. The van der Waals surface area contributed by atoms with Crippen molar-refractivity contribution in [3.8, 4) is 0 Å². The van der Waals surface area contributed by atoms with Gasteiger partial charge in [0.15, 0.2) is 0 Å². The molecule has 1 fully saturated rings. The molecule has 3 nitrogen and oxygen atoms in total. The van der Waals surface area contributed by atoms with Gasteiger partial charge in [-0.3, -0.25) is 0 Å². The molecule has 1 aromatic rings. The molecule has 1 aliphatic heterocycles. The number of halogens is 1. The number of rotatable bonds is 5. The quantitative estimate of drug-likeness (QED) is 0.813. The summed E-state index contributed by atoms with van der Waals surface area (Å²) >= 11 is 4.83. The Labute approximate surface area is 119 Å². The molecule has 1 aliphatic rings. The number of nitrogens with zero attached hydrogens (tertiary/aromatic N) is 1. The standard InChI is InChI=1S/C14H20FN3S/c1-10(9-18-6-2-3-7-18)17-13-5-4-11(14(16)19)8-12(13)15/h4-5,8,10,17H,2-3,6-7,9H2,1H3,(H2,16,19). The number of hydrogen-bond acceptors (Lipinski definition) is 3. The fourth-order valence-corrected chi connectivity index (χ4v) is 2.58. The summed E-state index contributed by atoms with van der Waals surface area (Å²) in [6, 6.07) is 5.04. The van der Waals surface area contributed by atoms with E-state index in [4.69, 9.17) is 18.0 Å². The van der Waals surface area contributed by atoms with Gasteiger partial charge in [-0.1, -0.05) is 12.2 Å². The van der Waals surface area contributed by atoms with Crippen molar-refractivity contribution in [1.82, 2.24) is 4.90 Å². The molecule has 1 atom stereocenters. The van der Waals surface area contributed by atoms with Crippen LogP contribution in [-0.2, 0) is 0 Å². The zero-order valence-corrected chi connectivity index (χ0v) is 12.0. The molecule has 2 rings (SSSR count). The van der Waals surface area contributed by atoms with E-state index in [1.165, 1.54) is 18.9 Å². The highest BCUT2D eigenvalue weighted by Gasteiger charge is 2.15. The van der Waals surface area contributed by atoms with E-state index in [1.807, 2.05) is 0 Å². The fraction of sp³-hybridized carbons (Fsp3) is 0.500. The van der Waals surface area contributed by atoms with E-state index in [1.54, 1.807) is 12.1 Å². The first-order chi connectivity index (χ1) is 9.06. The molecule has 19 heavy (non-hydrogen) atoms. The molecule has 0 aliphatic carbocycles. The lowest BCUT2D eigenvalue weighted by Crippen LogP contribution is -2.33. The Morgan fingerprint density at radius 2 is 2.16 bits per heavy atom. The van der Waals surface area contributed by atoms with E-state index >= 15 is 0 Å². The second-order valence-electron chi connectivity index (χ2n) is 5.11. The van der Waals surface area contributed by atoms with Crippen LogP contribution >= 0.6 is 12.2 Å². The second-order valence-corrected chi connectivity index (χ2v) is 5.55. The average molecular weight is 281 g/mol. The molecule has 1 aromatic carbocycles. The molecule has 0 radical (unpaired) electrons. The Bertz CT molecular complexity index is 458. The van der Waals surface area contributed by atoms with Crippen LogP contribution in [0.5, 0.6) is 0 Å². The maximum Gasteiger partial charge on any atom is 0.146 e. The minimum Gasteiger partial charge on any atom is -0.389 e. The van der Waals surface area contributed by atoms with E-state index in [0.29, 0.717) is 11.3 Å². The average Bonchev–Trinajstić information content (AvgIpc) is 2.84. The summed E-state index contributed by atoms with van der Waals surface area (Å²) in [6.07, 6.45) is 2.54. The van der Waals surface area contributed by atoms with Gasteiger partial charge in [0, 0.05) is 18.2 Å². The third kappa shape index (κ3) is 3.88. The van der Waals surface area contributed by atoms with Gasteiger partial charge in [0.1, 0.15) is 10.8 Å². The topological polar surface area (TPSA) is 41.3 Å². The van der Waals surface area contributed by atoms with Crippen LogP contribution in [0.2, 0.25) is 0 Å². The van der Waals surface area contributed by atoms with Crippen molar-refractivity contribution in [3.05, 3.63) is 29.6 Å². The first-order valence-electron chi connectivity index (χ1n) is 6.64. The van der Waals surface area contributed by atoms with Gasteiger partial charge in [0.2, 0.25) is 0 Å². The van der Waals surface area contributed by atoms with E-state index in [0.717, 1.165) is 19.6 Å². The van der Waals surface area contributed by atoms with Gasteiger partial charge in [-0.05, 0) is 51.1 Å². The van der Waals surface area contributed by atoms with E-state index < -0.39 is 0 Å². The SMILES string of the molecule is CC(CN1CCCC1)Nc1ccc(C(N)=S)cc1F. The molecule has 0 bridgehead atoms. The summed E-state index contributed by atoms with van der Waals surface area (Å²) in [5.41, 5.74) is 6.55. The molecule has 3 N–H and O–H groups in total. The van der Waals surface area contributed by atoms with Gasteiger partial charge in [0.25, 0.3) is 0 Å². The van der Waals surface area contributed by atoms with E-state index in [-0.39, 0.29) is 16.8 Å². The first kappa shape index (κ1) is 14.2. The van der Waals surface area contributed by atoms with Crippen LogP contribution in [0.4, 0.5) is 10.1 Å². The van der Waals surface area contributed by atoms with Gasteiger partial charge in [-0.2, -0.15) is 0 Å². The van der Waals surface area contributed by atoms with Gasteiger partial charge in [-0.15, -0.1) is 0 Å². The van der Waals surface area contributed by atoms with Crippen LogP contribution in [-0.4, -0.2) is 35.6 Å². The predicted octanol–water partition coefficient (Wildman–Crippen LogP) is 2.36. The minimum atomic E-state index is -0.307.